The molecular weight excluding hydrogens is 202 g/mol. The highest BCUT2D eigenvalue weighted by atomic mass is 19.4. The molecule has 0 aliphatic rings. The van der Waals surface area contributed by atoms with Crippen LogP contribution < -0.4 is 0 Å². The maximum atomic E-state index is 11.6. The first kappa shape index (κ1) is 11.7. The van der Waals surface area contributed by atoms with E-state index < -0.39 is 17.9 Å². The lowest BCUT2D eigenvalue weighted by molar-refractivity contribution is -0.171. The van der Waals surface area contributed by atoms with Crippen LogP contribution in [0.5, 0.6) is 0 Å². The van der Waals surface area contributed by atoms with Gasteiger partial charge in [0, 0.05) is 6.08 Å². The number of allylic oxidation sites excluding steroid dienone is 2. The van der Waals surface area contributed by atoms with Crippen molar-refractivity contribution in [2.24, 2.45) is 0 Å². The molecule has 8 heteroatoms. The van der Waals surface area contributed by atoms with E-state index in [1.165, 1.54) is 0 Å². The first-order chi connectivity index (χ1) is 5.69. The number of nitrogens with zero attached hydrogens (tertiary/aromatic N) is 2. The van der Waals surface area contributed by atoms with E-state index in [1.807, 2.05) is 4.79 Å². The summed E-state index contributed by atoms with van der Waals surface area (Å²) in [5.74, 6) is 0. The maximum Gasteiger partial charge on any atom is 0.421 e. The van der Waals surface area contributed by atoms with Crippen LogP contribution >= 0.6 is 0 Å². The predicted octanol–water partition coefficient (Wildman–Crippen LogP) is 2.34. The van der Waals surface area contributed by atoms with Crippen molar-refractivity contribution < 1.29 is 31.1 Å². The Morgan fingerprint density at radius 3 is 1.62 bits per heavy atom. The molecule has 0 radical (unpaired) electrons. The van der Waals surface area contributed by atoms with Gasteiger partial charge >= 0.3 is 12.4 Å². The van der Waals surface area contributed by atoms with Crippen molar-refractivity contribution in [3.05, 3.63) is 17.2 Å². The molecule has 0 spiro atoms. The van der Waals surface area contributed by atoms with E-state index in [0.29, 0.717) is 0 Å². The lowest BCUT2D eigenvalue weighted by atomic mass is 10.2. The van der Waals surface area contributed by atoms with Gasteiger partial charge in [-0.2, -0.15) is 31.1 Å². The molecule has 0 bridgehead atoms. The molecule has 0 heterocycles. The molecule has 0 atom stereocenters. The molecule has 0 N–H and O–H groups in total. The van der Waals surface area contributed by atoms with E-state index in [4.69, 9.17) is 5.53 Å². The first-order valence-corrected chi connectivity index (χ1v) is 2.71. The molecule has 0 fully saturated rings. The number of rotatable bonds is 1. The number of alkyl halides is 6. The standard InChI is InChI=1S/C5H2F6N2/c6-4(7,8)3(1-2-13-12)5(9,10)11/h1-2H. The fraction of sp³-hybridized carbons (Fsp3) is 0.400. The highest BCUT2D eigenvalue weighted by Gasteiger charge is 2.50. The van der Waals surface area contributed by atoms with Crippen LogP contribution in [0.2, 0.25) is 0 Å². The molecule has 0 rings (SSSR count). The van der Waals surface area contributed by atoms with Crippen LogP contribution in [0.15, 0.2) is 11.6 Å². The molecule has 0 aromatic heterocycles. The summed E-state index contributed by atoms with van der Waals surface area (Å²) >= 11 is 0. The van der Waals surface area contributed by atoms with Crippen LogP contribution in [0, 0.1) is 0 Å². The van der Waals surface area contributed by atoms with E-state index >= 15 is 0 Å². The van der Waals surface area contributed by atoms with Crippen molar-refractivity contribution in [2.75, 3.05) is 0 Å². The largest absolute Gasteiger partial charge is 0.421 e. The number of hydrogen-bond donors (Lipinski definition) is 0. The Bertz CT molecular complexity index is 237. The molecule has 0 amide bonds. The second-order valence-electron chi connectivity index (χ2n) is 1.84. The third kappa shape index (κ3) is 3.75. The topological polar surface area (TPSA) is 36.4 Å². The van der Waals surface area contributed by atoms with Crippen LogP contribution in [0.4, 0.5) is 26.3 Å². The van der Waals surface area contributed by atoms with Gasteiger partial charge in [0.2, 0.25) is 0 Å². The Hall–Kier alpha value is -1.30. The van der Waals surface area contributed by atoms with E-state index in [9.17, 15) is 26.3 Å². The SMILES string of the molecule is [N-]=[N+]=CC=C(C(F)(F)F)C(F)(F)F. The highest BCUT2D eigenvalue weighted by molar-refractivity contribution is 5.67. The molecule has 0 saturated carbocycles. The predicted molar refractivity (Wildman–Crippen MR) is 29.9 cm³/mol. The Balaban J connectivity index is 5.12. The molecule has 0 aromatic rings. The molecular formula is C5H2F6N2. The number of halogens is 6. The van der Waals surface area contributed by atoms with Gasteiger partial charge in [-0.15, -0.1) is 0 Å². The van der Waals surface area contributed by atoms with Crippen molar-refractivity contribution in [3.8, 4) is 0 Å². The summed E-state index contributed by atoms with van der Waals surface area (Å²) in [6.45, 7) is 0. The van der Waals surface area contributed by atoms with Crippen LogP contribution in [-0.2, 0) is 0 Å². The van der Waals surface area contributed by atoms with Gasteiger partial charge in [0.1, 0.15) is 5.57 Å². The average molecular weight is 204 g/mol. The molecule has 0 aliphatic heterocycles. The summed E-state index contributed by atoms with van der Waals surface area (Å²) in [6, 6.07) is 0. The Morgan fingerprint density at radius 1 is 1.00 bits per heavy atom. The zero-order valence-corrected chi connectivity index (χ0v) is 5.82. The lowest BCUT2D eigenvalue weighted by Gasteiger charge is -2.12. The summed E-state index contributed by atoms with van der Waals surface area (Å²) in [4.78, 5) is 2.00. The molecule has 2 nitrogen and oxygen atoms in total. The maximum absolute atomic E-state index is 11.6. The Labute approximate surface area is 68.1 Å². The molecule has 0 aromatic carbocycles. The number of hydrogen-bond acceptors (Lipinski definition) is 0. The fourth-order valence-electron chi connectivity index (χ4n) is 0.458. The zero-order valence-electron chi connectivity index (χ0n) is 5.82. The van der Waals surface area contributed by atoms with Crippen LogP contribution in [-0.4, -0.2) is 23.4 Å². The van der Waals surface area contributed by atoms with Crippen molar-refractivity contribution in [1.29, 1.82) is 0 Å². The van der Waals surface area contributed by atoms with Gasteiger partial charge in [0.05, 0.1) is 0 Å². The van der Waals surface area contributed by atoms with Gasteiger partial charge in [-0.25, -0.2) is 0 Å². The van der Waals surface area contributed by atoms with Crippen LogP contribution in [0.3, 0.4) is 0 Å². The molecule has 0 unspecified atom stereocenters. The van der Waals surface area contributed by atoms with Gasteiger partial charge in [-0.3, -0.25) is 0 Å². The van der Waals surface area contributed by atoms with Crippen molar-refractivity contribution in [1.82, 2.24) is 0 Å². The quantitative estimate of drug-likeness (QED) is 0.272. The molecule has 74 valence electrons. The minimum absolute atomic E-state index is 0.00366. The van der Waals surface area contributed by atoms with Gasteiger partial charge < -0.3 is 5.53 Å². The monoisotopic (exact) mass is 204 g/mol. The van der Waals surface area contributed by atoms with E-state index in [1.54, 1.807) is 0 Å². The first-order valence-electron chi connectivity index (χ1n) is 2.71. The zero-order chi connectivity index (χ0) is 10.7. The van der Waals surface area contributed by atoms with E-state index in [2.05, 4.69) is 0 Å². The Morgan fingerprint density at radius 2 is 1.38 bits per heavy atom. The highest BCUT2D eigenvalue weighted by Crippen LogP contribution is 2.37. The van der Waals surface area contributed by atoms with Crippen LogP contribution in [0.25, 0.3) is 5.53 Å². The van der Waals surface area contributed by atoms with Gasteiger partial charge in [-0.1, -0.05) is 0 Å². The average Bonchev–Trinajstić information content (AvgIpc) is 1.81. The minimum Gasteiger partial charge on any atom is -0.362 e. The molecule has 13 heavy (non-hydrogen) atoms. The summed E-state index contributed by atoms with van der Waals surface area (Å²) in [5.41, 5.74) is 4.91. The summed E-state index contributed by atoms with van der Waals surface area (Å²) < 4.78 is 69.6. The summed E-state index contributed by atoms with van der Waals surface area (Å²) in [7, 11) is 0. The molecule has 0 aliphatic carbocycles. The van der Waals surface area contributed by atoms with Crippen molar-refractivity contribution in [2.45, 2.75) is 12.4 Å². The van der Waals surface area contributed by atoms with E-state index in [0.717, 1.165) is 0 Å². The smallest absolute Gasteiger partial charge is 0.362 e. The van der Waals surface area contributed by atoms with Crippen molar-refractivity contribution >= 4 is 6.21 Å². The molecule has 0 saturated heterocycles. The van der Waals surface area contributed by atoms with Crippen LogP contribution in [0.1, 0.15) is 0 Å². The van der Waals surface area contributed by atoms with Gasteiger partial charge in [0.15, 0.2) is 0 Å². The minimum atomic E-state index is -5.51. The fourth-order valence-corrected chi connectivity index (χ4v) is 0.458. The second-order valence-corrected chi connectivity index (χ2v) is 1.84. The third-order valence-electron chi connectivity index (χ3n) is 0.919. The van der Waals surface area contributed by atoms with Gasteiger partial charge in [-0.05, 0) is 0 Å². The Kier molecular flexibility index (Phi) is 3.25. The third-order valence-corrected chi connectivity index (χ3v) is 0.919. The summed E-state index contributed by atoms with van der Waals surface area (Å²) in [5, 5.41) is 0. The normalized spacial score (nSPS) is 11.8. The van der Waals surface area contributed by atoms with Crippen molar-refractivity contribution in [3.63, 3.8) is 0 Å². The second kappa shape index (κ2) is 3.61. The summed E-state index contributed by atoms with van der Waals surface area (Å²) in [6.07, 6.45) is -11.4. The lowest BCUT2D eigenvalue weighted by Crippen LogP contribution is -2.26. The van der Waals surface area contributed by atoms with Gasteiger partial charge in [0.25, 0.3) is 6.21 Å². The van der Waals surface area contributed by atoms with E-state index in [-0.39, 0.29) is 12.3 Å².